The minimum absolute atomic E-state index is 0.0650. The molecule has 2 aromatic rings. The van der Waals surface area contributed by atoms with E-state index in [1.807, 2.05) is 0 Å². The van der Waals surface area contributed by atoms with Gasteiger partial charge in [-0.3, -0.25) is 10.1 Å². The smallest absolute Gasteiger partial charge is 0.271 e. The Morgan fingerprint density at radius 3 is 2.48 bits per heavy atom. The lowest BCUT2D eigenvalue weighted by Gasteiger charge is -2.12. The van der Waals surface area contributed by atoms with Gasteiger partial charge >= 0.3 is 0 Å². The van der Waals surface area contributed by atoms with Crippen molar-refractivity contribution >= 4 is 43.4 Å². The maximum atomic E-state index is 10.8. The number of hydrogen-bond acceptors (Lipinski definition) is 7. The van der Waals surface area contributed by atoms with Crippen LogP contribution in [0.5, 0.6) is 11.6 Å². The third kappa shape index (κ3) is 3.28. The molecule has 0 radical (unpaired) electrons. The van der Waals surface area contributed by atoms with E-state index in [0.29, 0.717) is 26.1 Å². The van der Waals surface area contributed by atoms with Gasteiger partial charge in [-0.25, -0.2) is 15.8 Å². The fourth-order valence-corrected chi connectivity index (χ4v) is 2.85. The zero-order valence-electron chi connectivity index (χ0n) is 10.6. The van der Waals surface area contributed by atoms with Crippen molar-refractivity contribution in [2.24, 2.45) is 5.84 Å². The highest BCUT2D eigenvalue weighted by Gasteiger charge is 2.17. The first-order valence-corrected chi connectivity index (χ1v) is 7.12. The predicted molar refractivity (Wildman–Crippen MR) is 83.1 cm³/mol. The molecule has 0 aliphatic carbocycles. The van der Waals surface area contributed by atoms with Gasteiger partial charge in [-0.15, -0.1) is 0 Å². The van der Waals surface area contributed by atoms with E-state index >= 15 is 0 Å². The number of nitro groups is 1. The van der Waals surface area contributed by atoms with E-state index in [2.05, 4.69) is 47.3 Å². The zero-order chi connectivity index (χ0) is 15.6. The predicted octanol–water partition coefficient (Wildman–Crippen LogP) is 3.30. The minimum Gasteiger partial charge on any atom is -0.436 e. The lowest BCUT2D eigenvalue weighted by Crippen LogP contribution is -2.11. The largest absolute Gasteiger partial charge is 0.436 e. The fourth-order valence-electron chi connectivity index (χ4n) is 1.53. The molecule has 110 valence electrons. The number of aromatic nitrogens is 2. The van der Waals surface area contributed by atoms with Crippen LogP contribution < -0.4 is 16.0 Å². The first-order chi connectivity index (χ1) is 9.93. The van der Waals surface area contributed by atoms with Crippen molar-refractivity contribution in [1.29, 1.82) is 0 Å². The number of halogens is 2. The van der Waals surface area contributed by atoms with Crippen LogP contribution in [0.25, 0.3) is 0 Å². The van der Waals surface area contributed by atoms with Gasteiger partial charge in [-0.05, 0) is 38.8 Å². The number of benzene rings is 1. The molecule has 1 aromatic heterocycles. The number of rotatable bonds is 4. The number of nitro benzene ring substituents is 1. The number of hydrogen-bond donors (Lipinski definition) is 2. The lowest BCUT2D eigenvalue weighted by atomic mass is 10.3. The van der Waals surface area contributed by atoms with E-state index in [1.54, 1.807) is 6.92 Å². The van der Waals surface area contributed by atoms with Crippen molar-refractivity contribution in [3.05, 3.63) is 43.1 Å². The molecule has 0 amide bonds. The van der Waals surface area contributed by atoms with Gasteiger partial charge < -0.3 is 10.2 Å². The summed E-state index contributed by atoms with van der Waals surface area (Å²) in [5, 5.41) is 10.8. The van der Waals surface area contributed by atoms with Crippen LogP contribution in [0, 0.1) is 17.0 Å². The number of anilines is 1. The summed E-state index contributed by atoms with van der Waals surface area (Å²) >= 11 is 6.48. The van der Waals surface area contributed by atoms with Crippen LogP contribution in [-0.2, 0) is 0 Å². The van der Waals surface area contributed by atoms with Crippen molar-refractivity contribution in [3.8, 4) is 11.6 Å². The van der Waals surface area contributed by atoms with Gasteiger partial charge in [0.2, 0.25) is 5.88 Å². The molecule has 0 fully saturated rings. The summed E-state index contributed by atoms with van der Waals surface area (Å²) in [5.74, 6) is 6.41. The number of ether oxygens (including phenoxy) is 1. The topological polar surface area (TPSA) is 116 Å². The molecule has 1 aromatic carbocycles. The number of hydrazine groups is 1. The summed E-state index contributed by atoms with van der Waals surface area (Å²) in [6.45, 7) is 1.73. The van der Waals surface area contributed by atoms with Crippen molar-refractivity contribution in [2.75, 3.05) is 5.43 Å². The van der Waals surface area contributed by atoms with Crippen molar-refractivity contribution in [3.63, 3.8) is 0 Å². The summed E-state index contributed by atoms with van der Waals surface area (Å²) in [5.41, 5.74) is 2.97. The second-order valence-electron chi connectivity index (χ2n) is 3.89. The molecule has 10 heteroatoms. The van der Waals surface area contributed by atoms with Crippen LogP contribution >= 0.6 is 31.9 Å². The summed E-state index contributed by atoms with van der Waals surface area (Å²) in [7, 11) is 0. The standard InChI is InChI=1S/C11H9Br2N5O3/c1-5-10(17-14)15-4-16-11(5)21-9-7(12)2-6(18(19)20)3-8(9)13/h2-4H,14H2,1H3,(H,15,16,17). The van der Waals surface area contributed by atoms with Gasteiger partial charge in [-0.2, -0.15) is 0 Å². The third-order valence-electron chi connectivity index (χ3n) is 2.57. The summed E-state index contributed by atoms with van der Waals surface area (Å²) in [6, 6.07) is 2.69. The lowest BCUT2D eigenvalue weighted by molar-refractivity contribution is -0.385. The number of nitrogens with two attached hydrogens (primary N) is 1. The quantitative estimate of drug-likeness (QED) is 0.444. The van der Waals surface area contributed by atoms with E-state index < -0.39 is 4.92 Å². The highest BCUT2D eigenvalue weighted by molar-refractivity contribution is 9.11. The first kappa shape index (κ1) is 15.6. The van der Waals surface area contributed by atoms with Crippen LogP contribution in [0.4, 0.5) is 11.5 Å². The molecule has 0 spiro atoms. The van der Waals surface area contributed by atoms with E-state index in [1.165, 1.54) is 18.5 Å². The van der Waals surface area contributed by atoms with Crippen LogP contribution in [0.15, 0.2) is 27.4 Å². The monoisotopic (exact) mass is 417 g/mol. The minimum atomic E-state index is -0.494. The first-order valence-electron chi connectivity index (χ1n) is 5.53. The summed E-state index contributed by atoms with van der Waals surface area (Å²) < 4.78 is 6.53. The molecule has 2 rings (SSSR count). The van der Waals surface area contributed by atoms with Crippen LogP contribution in [0.1, 0.15) is 5.56 Å². The maximum absolute atomic E-state index is 10.8. The third-order valence-corrected chi connectivity index (χ3v) is 3.75. The van der Waals surface area contributed by atoms with Crippen molar-refractivity contribution < 1.29 is 9.66 Å². The van der Waals surface area contributed by atoms with E-state index in [-0.39, 0.29) is 11.6 Å². The molecule has 21 heavy (non-hydrogen) atoms. The van der Waals surface area contributed by atoms with E-state index in [9.17, 15) is 10.1 Å². The average Bonchev–Trinajstić information content (AvgIpc) is 2.44. The summed E-state index contributed by atoms with van der Waals surface area (Å²) in [6.07, 6.45) is 1.30. The molecule has 0 aliphatic heterocycles. The van der Waals surface area contributed by atoms with Crippen LogP contribution in [0.2, 0.25) is 0 Å². The average molecular weight is 419 g/mol. The Bertz CT molecular complexity index is 687. The van der Waals surface area contributed by atoms with Gasteiger partial charge in [0.05, 0.1) is 19.4 Å². The molecule has 0 bridgehead atoms. The highest BCUT2D eigenvalue weighted by Crippen LogP contribution is 2.40. The van der Waals surface area contributed by atoms with Crippen molar-refractivity contribution in [1.82, 2.24) is 9.97 Å². The molecule has 8 nitrogen and oxygen atoms in total. The number of nitrogen functional groups attached to an aromatic ring is 1. The van der Waals surface area contributed by atoms with E-state index in [0.717, 1.165) is 0 Å². The zero-order valence-corrected chi connectivity index (χ0v) is 13.8. The normalized spacial score (nSPS) is 10.3. The number of nitrogens with zero attached hydrogens (tertiary/aromatic N) is 3. The van der Waals surface area contributed by atoms with Gasteiger partial charge in [0.25, 0.3) is 5.69 Å². The molecule has 3 N–H and O–H groups in total. The maximum Gasteiger partial charge on any atom is 0.271 e. The molecule has 0 aliphatic rings. The molecule has 1 heterocycles. The molecule has 0 saturated carbocycles. The molecule has 0 saturated heterocycles. The molecular formula is C11H9Br2N5O3. The molecule has 0 atom stereocenters. The SMILES string of the molecule is Cc1c(NN)ncnc1Oc1c(Br)cc([N+](=O)[O-])cc1Br. The Labute approximate surface area is 136 Å². The van der Waals surface area contributed by atoms with Crippen molar-refractivity contribution in [2.45, 2.75) is 6.92 Å². The van der Waals surface area contributed by atoms with Gasteiger partial charge in [0.1, 0.15) is 12.1 Å². The van der Waals surface area contributed by atoms with E-state index in [4.69, 9.17) is 10.6 Å². The number of nitrogens with one attached hydrogen (secondary N) is 1. The second-order valence-corrected chi connectivity index (χ2v) is 5.60. The Morgan fingerprint density at radius 2 is 1.95 bits per heavy atom. The Hall–Kier alpha value is -1.78. The second kappa shape index (κ2) is 6.33. The fraction of sp³-hybridized carbons (Fsp3) is 0.0909. The summed E-state index contributed by atoms with van der Waals surface area (Å²) in [4.78, 5) is 18.3. The van der Waals surface area contributed by atoms with Gasteiger partial charge in [0, 0.05) is 12.1 Å². The van der Waals surface area contributed by atoms with Gasteiger partial charge in [0.15, 0.2) is 5.75 Å². The van der Waals surface area contributed by atoms with Crippen LogP contribution in [0.3, 0.4) is 0 Å². The molecule has 0 unspecified atom stereocenters. The number of non-ortho nitro benzene ring substituents is 1. The highest BCUT2D eigenvalue weighted by atomic mass is 79.9. The van der Waals surface area contributed by atoms with Crippen LogP contribution in [-0.4, -0.2) is 14.9 Å². The Balaban J connectivity index is 2.43. The van der Waals surface area contributed by atoms with Gasteiger partial charge in [-0.1, -0.05) is 0 Å². The molecular weight excluding hydrogens is 410 g/mol. The Morgan fingerprint density at radius 1 is 1.33 bits per heavy atom. The Kier molecular flexibility index (Phi) is 4.70.